The fourth-order valence-corrected chi connectivity index (χ4v) is 2.37. The zero-order valence-corrected chi connectivity index (χ0v) is 15.3. The molecule has 25 heavy (non-hydrogen) atoms. The predicted octanol–water partition coefficient (Wildman–Crippen LogP) is 2.57. The maximum atomic E-state index is 11.9. The molecule has 0 fully saturated rings. The van der Waals surface area contributed by atoms with Gasteiger partial charge < -0.3 is 19.8 Å². The average molecular weight is 409 g/mol. The van der Waals surface area contributed by atoms with Crippen molar-refractivity contribution in [3.63, 3.8) is 0 Å². The van der Waals surface area contributed by atoms with Gasteiger partial charge in [0.15, 0.2) is 17.0 Å². The lowest BCUT2D eigenvalue weighted by Gasteiger charge is -2.11. The fraction of sp³-hybridized carbons (Fsp3) is 0.235. The standard InChI is InChI=1S/C17H17BrN2O5/c1-10-4-3-5-11(2)16(10)20-14(21)9-24-15(22)8-19-17(23)12-6-7-13(18)25-12/h3-7H,8-9H2,1-2H3,(H,19,23)(H,20,21). The van der Waals surface area contributed by atoms with Crippen LogP contribution in [0.3, 0.4) is 0 Å². The second kappa shape index (κ2) is 8.48. The molecule has 2 aromatic rings. The van der Waals surface area contributed by atoms with Gasteiger partial charge in [0.2, 0.25) is 0 Å². The van der Waals surface area contributed by atoms with Crippen LogP contribution in [0, 0.1) is 13.8 Å². The molecule has 0 aliphatic rings. The molecule has 132 valence electrons. The number of anilines is 1. The van der Waals surface area contributed by atoms with Crippen molar-refractivity contribution in [1.82, 2.24) is 5.32 Å². The number of para-hydroxylation sites is 1. The van der Waals surface area contributed by atoms with Crippen molar-refractivity contribution in [2.24, 2.45) is 0 Å². The Morgan fingerprint density at radius 2 is 1.80 bits per heavy atom. The summed E-state index contributed by atoms with van der Waals surface area (Å²) < 4.78 is 10.3. The maximum Gasteiger partial charge on any atom is 0.325 e. The molecular weight excluding hydrogens is 392 g/mol. The van der Waals surface area contributed by atoms with Gasteiger partial charge in [-0.05, 0) is 53.0 Å². The monoisotopic (exact) mass is 408 g/mol. The minimum Gasteiger partial charge on any atom is -0.454 e. The van der Waals surface area contributed by atoms with Crippen LogP contribution in [-0.4, -0.2) is 30.9 Å². The van der Waals surface area contributed by atoms with Crippen LogP contribution < -0.4 is 10.6 Å². The van der Waals surface area contributed by atoms with Crippen molar-refractivity contribution in [2.45, 2.75) is 13.8 Å². The number of halogens is 1. The van der Waals surface area contributed by atoms with E-state index in [1.54, 1.807) is 6.07 Å². The highest BCUT2D eigenvalue weighted by molar-refractivity contribution is 9.10. The van der Waals surface area contributed by atoms with E-state index in [0.29, 0.717) is 10.4 Å². The average Bonchev–Trinajstić information content (AvgIpc) is 3.01. The quantitative estimate of drug-likeness (QED) is 0.715. The summed E-state index contributed by atoms with van der Waals surface area (Å²) in [4.78, 5) is 35.2. The van der Waals surface area contributed by atoms with Gasteiger partial charge in [-0.3, -0.25) is 14.4 Å². The molecule has 7 nitrogen and oxygen atoms in total. The van der Waals surface area contributed by atoms with E-state index in [0.717, 1.165) is 11.1 Å². The van der Waals surface area contributed by atoms with E-state index in [9.17, 15) is 14.4 Å². The highest BCUT2D eigenvalue weighted by Crippen LogP contribution is 2.19. The van der Waals surface area contributed by atoms with Crippen molar-refractivity contribution in [3.8, 4) is 0 Å². The number of nitrogens with one attached hydrogen (secondary N) is 2. The first kappa shape index (κ1) is 18.7. The summed E-state index contributed by atoms with van der Waals surface area (Å²) >= 11 is 3.08. The van der Waals surface area contributed by atoms with E-state index in [2.05, 4.69) is 26.6 Å². The normalized spacial score (nSPS) is 10.2. The number of furan rings is 1. The Morgan fingerprint density at radius 1 is 1.12 bits per heavy atom. The molecule has 1 aromatic heterocycles. The first-order valence-electron chi connectivity index (χ1n) is 7.42. The van der Waals surface area contributed by atoms with Crippen LogP contribution in [0.1, 0.15) is 21.7 Å². The van der Waals surface area contributed by atoms with E-state index < -0.39 is 24.4 Å². The molecule has 8 heteroatoms. The van der Waals surface area contributed by atoms with Gasteiger partial charge in [0.1, 0.15) is 6.54 Å². The molecule has 0 saturated heterocycles. The molecule has 0 atom stereocenters. The number of carbonyl (C=O) groups is 3. The third-order valence-electron chi connectivity index (χ3n) is 3.30. The van der Waals surface area contributed by atoms with Crippen LogP contribution in [0.2, 0.25) is 0 Å². The minimum absolute atomic E-state index is 0.0625. The van der Waals surface area contributed by atoms with Crippen molar-refractivity contribution in [2.75, 3.05) is 18.5 Å². The lowest BCUT2D eigenvalue weighted by Crippen LogP contribution is -2.32. The number of benzene rings is 1. The van der Waals surface area contributed by atoms with Crippen LogP contribution in [0.5, 0.6) is 0 Å². The minimum atomic E-state index is -0.726. The smallest absolute Gasteiger partial charge is 0.325 e. The summed E-state index contributed by atoms with van der Waals surface area (Å²) in [6.07, 6.45) is 0. The first-order chi connectivity index (χ1) is 11.9. The van der Waals surface area contributed by atoms with Crippen LogP contribution >= 0.6 is 15.9 Å². The zero-order valence-electron chi connectivity index (χ0n) is 13.7. The lowest BCUT2D eigenvalue weighted by molar-refractivity contribution is -0.146. The van der Waals surface area contributed by atoms with E-state index in [1.165, 1.54) is 6.07 Å². The number of amides is 2. The van der Waals surface area contributed by atoms with E-state index in [1.807, 2.05) is 32.0 Å². The topological polar surface area (TPSA) is 97.6 Å². The summed E-state index contributed by atoms with van der Waals surface area (Å²) in [5.74, 6) is -1.67. The largest absolute Gasteiger partial charge is 0.454 e. The molecule has 0 spiro atoms. The van der Waals surface area contributed by atoms with Gasteiger partial charge >= 0.3 is 5.97 Å². The summed E-state index contributed by atoms with van der Waals surface area (Å²) in [5, 5.41) is 5.05. The molecule has 0 unspecified atom stereocenters. The number of ether oxygens (including phenoxy) is 1. The lowest BCUT2D eigenvalue weighted by atomic mass is 10.1. The SMILES string of the molecule is Cc1cccc(C)c1NC(=O)COC(=O)CNC(=O)c1ccc(Br)o1. The van der Waals surface area contributed by atoms with Crippen molar-refractivity contribution in [3.05, 3.63) is 51.9 Å². The van der Waals surface area contributed by atoms with E-state index in [-0.39, 0.29) is 12.3 Å². The van der Waals surface area contributed by atoms with Gasteiger partial charge in [0.05, 0.1) is 0 Å². The van der Waals surface area contributed by atoms with Crippen LogP contribution in [0.15, 0.2) is 39.4 Å². The van der Waals surface area contributed by atoms with Gasteiger partial charge in [-0.1, -0.05) is 18.2 Å². The molecule has 0 aliphatic heterocycles. The fourth-order valence-electron chi connectivity index (χ4n) is 2.06. The number of esters is 1. The van der Waals surface area contributed by atoms with E-state index in [4.69, 9.17) is 9.15 Å². The van der Waals surface area contributed by atoms with Gasteiger partial charge in [0.25, 0.3) is 11.8 Å². The molecule has 0 aliphatic carbocycles. The maximum absolute atomic E-state index is 11.9. The van der Waals surface area contributed by atoms with Gasteiger partial charge in [-0.2, -0.15) is 0 Å². The number of carbonyl (C=O) groups excluding carboxylic acids is 3. The molecule has 1 aromatic carbocycles. The molecule has 0 bridgehead atoms. The highest BCUT2D eigenvalue weighted by atomic mass is 79.9. The highest BCUT2D eigenvalue weighted by Gasteiger charge is 2.14. The number of hydrogen-bond donors (Lipinski definition) is 2. The Bertz CT molecular complexity index is 780. The van der Waals surface area contributed by atoms with Crippen LogP contribution in [0.25, 0.3) is 0 Å². The Kier molecular flexibility index (Phi) is 6.35. The second-order valence-electron chi connectivity index (χ2n) is 5.26. The summed E-state index contributed by atoms with van der Waals surface area (Å²) in [5.41, 5.74) is 2.52. The Morgan fingerprint density at radius 3 is 2.40 bits per heavy atom. The van der Waals surface area contributed by atoms with Gasteiger partial charge in [-0.25, -0.2) is 0 Å². The van der Waals surface area contributed by atoms with Crippen LogP contribution in [0.4, 0.5) is 5.69 Å². The molecule has 1 heterocycles. The number of rotatable bonds is 6. The molecule has 2 amide bonds. The summed E-state index contributed by atoms with van der Waals surface area (Å²) in [6.45, 7) is 2.94. The molecule has 2 N–H and O–H groups in total. The van der Waals surface area contributed by atoms with Gasteiger partial charge in [-0.15, -0.1) is 0 Å². The zero-order chi connectivity index (χ0) is 18.4. The van der Waals surface area contributed by atoms with Crippen molar-refractivity contribution >= 4 is 39.4 Å². The molecule has 0 saturated carbocycles. The number of aryl methyl sites for hydroxylation is 2. The van der Waals surface area contributed by atoms with Crippen LogP contribution in [-0.2, 0) is 14.3 Å². The predicted molar refractivity (Wildman–Crippen MR) is 94.2 cm³/mol. The second-order valence-corrected chi connectivity index (χ2v) is 6.04. The first-order valence-corrected chi connectivity index (χ1v) is 8.21. The summed E-state index contributed by atoms with van der Waals surface area (Å²) in [7, 11) is 0. The third kappa shape index (κ3) is 5.46. The van der Waals surface area contributed by atoms with Crippen molar-refractivity contribution < 1.29 is 23.5 Å². The molecule has 2 rings (SSSR count). The molecule has 0 radical (unpaired) electrons. The molecular formula is C17H17BrN2O5. The summed E-state index contributed by atoms with van der Waals surface area (Å²) in [6, 6.07) is 8.66. The van der Waals surface area contributed by atoms with E-state index >= 15 is 0 Å². The Balaban J connectivity index is 1.76. The number of hydrogen-bond acceptors (Lipinski definition) is 5. The van der Waals surface area contributed by atoms with Gasteiger partial charge in [0, 0.05) is 5.69 Å². The Hall–Kier alpha value is -2.61. The third-order valence-corrected chi connectivity index (χ3v) is 3.73. The van der Waals surface area contributed by atoms with Crippen molar-refractivity contribution in [1.29, 1.82) is 0 Å². The Labute approximate surface area is 152 Å².